The third kappa shape index (κ3) is 9.81. The molecule has 0 aromatic carbocycles. The van der Waals surface area contributed by atoms with E-state index in [0.717, 1.165) is 0 Å². The summed E-state index contributed by atoms with van der Waals surface area (Å²) in [5.41, 5.74) is -3.96. The van der Waals surface area contributed by atoms with Gasteiger partial charge in [0.25, 0.3) is 0 Å². The van der Waals surface area contributed by atoms with Gasteiger partial charge in [0.2, 0.25) is 0 Å². The Morgan fingerprint density at radius 1 is 0.849 bits per heavy atom. The van der Waals surface area contributed by atoms with E-state index in [1.807, 2.05) is 46.7 Å². The summed E-state index contributed by atoms with van der Waals surface area (Å²) in [5.74, 6) is -3.88. The molecule has 0 aromatic rings. The molecule has 3 heterocycles. The summed E-state index contributed by atoms with van der Waals surface area (Å²) < 4.78 is 50.0. The van der Waals surface area contributed by atoms with Crippen LogP contribution in [0.5, 0.6) is 0 Å². The molecule has 3 fully saturated rings. The number of hydrogen-bond acceptors (Lipinski definition) is 14. The van der Waals surface area contributed by atoms with Crippen LogP contribution >= 0.6 is 0 Å². The second-order valence-electron chi connectivity index (χ2n) is 16.8. The van der Waals surface area contributed by atoms with E-state index in [-0.39, 0.29) is 37.2 Å². The first kappa shape index (κ1) is 46.1. The van der Waals surface area contributed by atoms with E-state index in [4.69, 9.17) is 37.9 Å². The molecule has 0 saturated carbocycles. The van der Waals surface area contributed by atoms with Gasteiger partial charge in [-0.2, -0.15) is 0 Å². The van der Waals surface area contributed by atoms with Crippen LogP contribution in [0.4, 0.5) is 0 Å². The van der Waals surface area contributed by atoms with Crippen LogP contribution < -0.4 is 0 Å². The van der Waals surface area contributed by atoms with Gasteiger partial charge in [-0.05, 0) is 74.9 Å². The van der Waals surface area contributed by atoms with E-state index in [1.165, 1.54) is 28.3 Å². The molecule has 14 heteroatoms. The van der Waals surface area contributed by atoms with E-state index in [1.54, 1.807) is 34.6 Å². The molecule has 14 nitrogen and oxygen atoms in total. The average Bonchev–Trinajstić information content (AvgIpc) is 3.10. The van der Waals surface area contributed by atoms with Gasteiger partial charge in [0, 0.05) is 51.5 Å². The maximum atomic E-state index is 14.3. The average molecular weight is 762 g/mol. The molecule has 2 unspecified atom stereocenters. The van der Waals surface area contributed by atoms with Crippen LogP contribution in [-0.4, -0.2) is 152 Å². The van der Waals surface area contributed by atoms with Gasteiger partial charge in [-0.1, -0.05) is 27.7 Å². The molecule has 0 amide bonds. The highest BCUT2D eigenvalue weighted by atomic mass is 16.7. The van der Waals surface area contributed by atoms with Gasteiger partial charge in [0.15, 0.2) is 12.6 Å². The fourth-order valence-electron chi connectivity index (χ4n) is 9.01. The maximum Gasteiger partial charge on any atom is 0.311 e. The quantitative estimate of drug-likeness (QED) is 0.293. The highest BCUT2D eigenvalue weighted by molar-refractivity contribution is 5.83. The van der Waals surface area contributed by atoms with E-state index in [9.17, 15) is 24.9 Å². The number of esters is 1. The molecular formula is C39H71NO13. The summed E-state index contributed by atoms with van der Waals surface area (Å²) in [7, 11) is 8.26. The van der Waals surface area contributed by atoms with Gasteiger partial charge in [-0.25, -0.2) is 0 Å². The number of ether oxygens (including phenoxy) is 8. The zero-order chi connectivity index (χ0) is 40.4. The lowest BCUT2D eigenvalue weighted by Crippen LogP contribution is -2.61. The third-order valence-electron chi connectivity index (χ3n) is 12.5. The molecule has 0 radical (unpaired) electrons. The number of nitrogens with zero attached hydrogens (tertiary/aromatic N) is 1. The summed E-state index contributed by atoms with van der Waals surface area (Å²) in [4.78, 5) is 30.5. The maximum absolute atomic E-state index is 14.3. The highest BCUT2D eigenvalue weighted by Gasteiger charge is 2.54. The Hall–Kier alpha value is -1.30. The second-order valence-corrected chi connectivity index (χ2v) is 16.8. The summed E-state index contributed by atoms with van der Waals surface area (Å²) in [5, 5.41) is 34.5. The summed E-state index contributed by atoms with van der Waals surface area (Å²) in [6.07, 6.45) is -7.72. The Labute approximate surface area is 317 Å². The molecule has 310 valence electrons. The van der Waals surface area contributed by atoms with Gasteiger partial charge in [-0.3, -0.25) is 9.59 Å². The van der Waals surface area contributed by atoms with Crippen LogP contribution in [0, 0.1) is 23.7 Å². The van der Waals surface area contributed by atoms with Crippen molar-refractivity contribution in [3.8, 4) is 0 Å². The lowest BCUT2D eigenvalue weighted by molar-refractivity contribution is -0.319. The molecule has 18 atom stereocenters. The third-order valence-corrected chi connectivity index (χ3v) is 12.5. The van der Waals surface area contributed by atoms with Crippen molar-refractivity contribution < 1.29 is 62.8 Å². The van der Waals surface area contributed by atoms with Crippen molar-refractivity contribution in [2.45, 2.75) is 179 Å². The van der Waals surface area contributed by atoms with Crippen molar-refractivity contribution in [2.75, 3.05) is 35.4 Å². The molecule has 0 spiro atoms. The Bertz CT molecular complexity index is 1200. The number of Topliss-reactive ketones (excluding diaryl/α,β-unsaturated/α-hetero) is 1. The largest absolute Gasteiger partial charge is 0.459 e. The van der Waals surface area contributed by atoms with Crippen molar-refractivity contribution in [1.29, 1.82) is 0 Å². The van der Waals surface area contributed by atoms with Crippen molar-refractivity contribution in [2.24, 2.45) is 23.7 Å². The Morgan fingerprint density at radius 3 is 1.98 bits per heavy atom. The number of methoxy groups -OCH3 is 3. The van der Waals surface area contributed by atoms with Crippen molar-refractivity contribution in [1.82, 2.24) is 4.90 Å². The van der Waals surface area contributed by atoms with Gasteiger partial charge in [0.05, 0.1) is 47.6 Å². The van der Waals surface area contributed by atoms with Crippen LogP contribution in [0.25, 0.3) is 0 Å². The van der Waals surface area contributed by atoms with Crippen molar-refractivity contribution in [3.63, 3.8) is 0 Å². The number of likely N-dealkylation sites (N-methyl/N-ethyl adjacent to an activating group) is 1. The molecule has 0 bridgehead atoms. The predicted molar refractivity (Wildman–Crippen MR) is 196 cm³/mol. The van der Waals surface area contributed by atoms with Crippen LogP contribution in [0.3, 0.4) is 0 Å². The lowest BCUT2D eigenvalue weighted by Gasteiger charge is -2.50. The number of cyclic esters (lactones) is 1. The topological polar surface area (TPSA) is 172 Å². The Balaban J connectivity index is 2.24. The monoisotopic (exact) mass is 761 g/mol. The number of carbonyl (C=O) groups excluding carboxylic acids is 2. The second kappa shape index (κ2) is 18.3. The number of rotatable bonds is 9. The Morgan fingerprint density at radius 2 is 1.45 bits per heavy atom. The van der Waals surface area contributed by atoms with Crippen molar-refractivity contribution in [3.05, 3.63) is 0 Å². The molecule has 3 aliphatic heterocycles. The van der Waals surface area contributed by atoms with E-state index >= 15 is 0 Å². The Kier molecular flexibility index (Phi) is 15.9. The molecular weight excluding hydrogens is 690 g/mol. The highest BCUT2D eigenvalue weighted by Crippen LogP contribution is 2.42. The van der Waals surface area contributed by atoms with E-state index in [2.05, 4.69) is 0 Å². The van der Waals surface area contributed by atoms with E-state index < -0.39 is 102 Å². The van der Waals surface area contributed by atoms with Gasteiger partial charge < -0.3 is 58.1 Å². The number of carbonyl (C=O) groups is 2. The van der Waals surface area contributed by atoms with E-state index in [0.29, 0.717) is 6.42 Å². The first-order valence-electron chi connectivity index (χ1n) is 19.3. The first-order valence-corrected chi connectivity index (χ1v) is 19.3. The van der Waals surface area contributed by atoms with Gasteiger partial charge >= 0.3 is 5.97 Å². The molecule has 0 aliphatic carbocycles. The van der Waals surface area contributed by atoms with Crippen LogP contribution in [0.1, 0.15) is 94.9 Å². The van der Waals surface area contributed by atoms with Crippen molar-refractivity contribution >= 4 is 11.8 Å². The fraction of sp³-hybridized carbons (Fsp3) is 0.949. The molecule has 3 aliphatic rings. The minimum atomic E-state index is -1.73. The molecule has 3 N–H and O–H groups in total. The predicted octanol–water partition coefficient (Wildman–Crippen LogP) is 3.09. The first-order chi connectivity index (χ1) is 24.5. The minimum absolute atomic E-state index is 0.144. The smallest absolute Gasteiger partial charge is 0.311 e. The zero-order valence-corrected chi connectivity index (χ0v) is 34.9. The SMILES string of the molecule is CCC1OC(=O)[C@H](C)C(O[C@H]2C[C@@](C)(OC)[C@@H](O)[C@H](C)O2)[C@H](C)[C@@H](O[C@@H]2O[C@H](C)C[C@H](N(C)C)[C@H]2O)[C@](C)(OC)C[C@@H](C)C(=O)[C@H](C)[C@@H](OC)[C@@]1(C)O. The zero-order valence-electron chi connectivity index (χ0n) is 34.9. The van der Waals surface area contributed by atoms with Crippen LogP contribution in [0.15, 0.2) is 0 Å². The normalized spacial score (nSPS) is 48.3. The molecule has 53 heavy (non-hydrogen) atoms. The van der Waals surface area contributed by atoms with Crippen LogP contribution in [0.2, 0.25) is 0 Å². The number of aliphatic hydroxyl groups is 3. The number of aliphatic hydroxyl groups excluding tert-OH is 2. The summed E-state index contributed by atoms with van der Waals surface area (Å²) in [6.45, 7) is 17.7. The summed E-state index contributed by atoms with van der Waals surface area (Å²) >= 11 is 0. The molecule has 3 saturated heterocycles. The number of hydrogen-bond donors (Lipinski definition) is 3. The van der Waals surface area contributed by atoms with Gasteiger partial charge in [-0.15, -0.1) is 0 Å². The number of ketones is 1. The fourth-order valence-corrected chi connectivity index (χ4v) is 9.01. The lowest BCUT2D eigenvalue weighted by atomic mass is 9.73. The molecule has 0 aromatic heterocycles. The minimum Gasteiger partial charge on any atom is -0.459 e. The molecule has 3 rings (SSSR count). The van der Waals surface area contributed by atoms with Crippen LogP contribution in [-0.2, 0) is 47.5 Å². The standard InChI is InChI=1S/C39H71NO13/c1-16-27-39(10,45)34(46-13)22(4)29(41)20(2)18-38(9,48-15)33(53-36-30(42)26(40(11)12)17-21(3)49-36)23(5)31(24(6)35(44)51-27)52-28-19-37(8,47-14)32(43)25(7)50-28/h20-28,30-34,36,42-43,45H,16-19H2,1-15H3/t20-,21-,22+,23+,24-,25+,26+,27?,28+,30-,31?,32+,33-,34-,36+,37-,38-,39+/m1/s1. The van der Waals surface area contributed by atoms with Gasteiger partial charge in [0.1, 0.15) is 29.7 Å². The summed E-state index contributed by atoms with van der Waals surface area (Å²) in [6, 6.07) is -0.270.